The van der Waals surface area contributed by atoms with E-state index >= 15 is 0 Å². The Morgan fingerprint density at radius 3 is 2.73 bits per heavy atom. The SMILES string of the molecule is COCCCNC(=O)CN1CCN(C(=O)c2ccco2)CC1. The number of hydrogen-bond donors (Lipinski definition) is 1. The topological polar surface area (TPSA) is 75.0 Å². The fraction of sp³-hybridized carbons (Fsp3) is 0.600. The van der Waals surface area contributed by atoms with Crippen molar-refractivity contribution in [3.63, 3.8) is 0 Å². The van der Waals surface area contributed by atoms with E-state index in [1.54, 1.807) is 24.1 Å². The van der Waals surface area contributed by atoms with Crippen LogP contribution in [0.5, 0.6) is 0 Å². The average Bonchev–Trinajstić information content (AvgIpc) is 3.06. The van der Waals surface area contributed by atoms with E-state index in [1.807, 2.05) is 0 Å². The summed E-state index contributed by atoms with van der Waals surface area (Å²) in [7, 11) is 1.64. The standard InChI is InChI=1S/C15H23N3O4/c1-21-10-3-5-16-14(19)12-17-6-8-18(9-7-17)15(20)13-4-2-11-22-13/h2,4,11H,3,5-10,12H2,1H3,(H,16,19). The molecule has 1 N–H and O–H groups in total. The van der Waals surface area contributed by atoms with Crippen molar-refractivity contribution < 1.29 is 18.7 Å². The summed E-state index contributed by atoms with van der Waals surface area (Å²) >= 11 is 0. The summed E-state index contributed by atoms with van der Waals surface area (Å²) in [5.41, 5.74) is 0. The number of hydrogen-bond acceptors (Lipinski definition) is 5. The van der Waals surface area contributed by atoms with Gasteiger partial charge in [-0.05, 0) is 18.6 Å². The molecule has 1 aromatic rings. The summed E-state index contributed by atoms with van der Waals surface area (Å²) in [6.45, 7) is 4.25. The highest BCUT2D eigenvalue weighted by atomic mass is 16.5. The molecule has 0 saturated carbocycles. The van der Waals surface area contributed by atoms with Crippen LogP contribution in [0.25, 0.3) is 0 Å². The van der Waals surface area contributed by atoms with Gasteiger partial charge in [-0.25, -0.2) is 0 Å². The van der Waals surface area contributed by atoms with E-state index in [9.17, 15) is 9.59 Å². The van der Waals surface area contributed by atoms with Gasteiger partial charge in [0.05, 0.1) is 12.8 Å². The lowest BCUT2D eigenvalue weighted by Crippen LogP contribution is -2.51. The molecule has 7 heteroatoms. The van der Waals surface area contributed by atoms with Crippen LogP contribution in [0.4, 0.5) is 0 Å². The molecule has 0 radical (unpaired) electrons. The van der Waals surface area contributed by atoms with Crippen LogP contribution < -0.4 is 5.32 Å². The van der Waals surface area contributed by atoms with Crippen molar-refractivity contribution in [1.29, 1.82) is 0 Å². The number of methoxy groups -OCH3 is 1. The predicted molar refractivity (Wildman–Crippen MR) is 80.6 cm³/mol. The third kappa shape index (κ3) is 4.85. The first-order chi connectivity index (χ1) is 10.7. The maximum atomic E-state index is 12.1. The molecule has 0 unspecified atom stereocenters. The van der Waals surface area contributed by atoms with Crippen molar-refractivity contribution in [3.8, 4) is 0 Å². The second-order valence-electron chi connectivity index (χ2n) is 5.24. The molecule has 1 aliphatic heterocycles. The lowest BCUT2D eigenvalue weighted by Gasteiger charge is -2.33. The van der Waals surface area contributed by atoms with Crippen LogP contribution in [0.15, 0.2) is 22.8 Å². The molecule has 0 atom stereocenters. The minimum atomic E-state index is -0.0892. The Kier molecular flexibility index (Phi) is 6.42. The van der Waals surface area contributed by atoms with Crippen LogP contribution in [0.1, 0.15) is 17.0 Å². The molecule has 0 aromatic carbocycles. The summed E-state index contributed by atoms with van der Waals surface area (Å²) in [5.74, 6) is 0.292. The van der Waals surface area contributed by atoms with Gasteiger partial charge in [0.15, 0.2) is 5.76 Å². The summed E-state index contributed by atoms with van der Waals surface area (Å²) < 4.78 is 10.1. The molecule has 0 spiro atoms. The summed E-state index contributed by atoms with van der Waals surface area (Å²) in [6.07, 6.45) is 2.31. The lowest BCUT2D eigenvalue weighted by atomic mass is 10.3. The van der Waals surface area contributed by atoms with Gasteiger partial charge in [-0.1, -0.05) is 0 Å². The monoisotopic (exact) mass is 309 g/mol. The van der Waals surface area contributed by atoms with Crippen LogP contribution in [-0.2, 0) is 9.53 Å². The van der Waals surface area contributed by atoms with Crippen molar-refractivity contribution in [1.82, 2.24) is 15.1 Å². The molecule has 1 aliphatic rings. The quantitative estimate of drug-likeness (QED) is 0.728. The second-order valence-corrected chi connectivity index (χ2v) is 5.24. The van der Waals surface area contributed by atoms with E-state index in [4.69, 9.17) is 9.15 Å². The van der Waals surface area contributed by atoms with Crippen molar-refractivity contribution in [2.45, 2.75) is 6.42 Å². The maximum absolute atomic E-state index is 12.1. The molecule has 0 bridgehead atoms. The highest BCUT2D eigenvalue weighted by molar-refractivity contribution is 5.91. The summed E-state index contributed by atoms with van der Waals surface area (Å²) in [6, 6.07) is 3.37. The first-order valence-electron chi connectivity index (χ1n) is 7.51. The van der Waals surface area contributed by atoms with Gasteiger partial charge in [0, 0.05) is 46.4 Å². The zero-order valence-electron chi connectivity index (χ0n) is 12.9. The van der Waals surface area contributed by atoms with Crippen LogP contribution in [0.3, 0.4) is 0 Å². The number of amides is 2. The number of nitrogens with zero attached hydrogens (tertiary/aromatic N) is 2. The van der Waals surface area contributed by atoms with Crippen LogP contribution in [0.2, 0.25) is 0 Å². The van der Waals surface area contributed by atoms with Crippen LogP contribution in [0, 0.1) is 0 Å². The Balaban J connectivity index is 1.66. The predicted octanol–water partition coefficient (Wildman–Crippen LogP) is 0.190. The highest BCUT2D eigenvalue weighted by Gasteiger charge is 2.24. The van der Waals surface area contributed by atoms with E-state index in [0.29, 0.717) is 51.6 Å². The fourth-order valence-electron chi connectivity index (χ4n) is 2.37. The third-order valence-electron chi connectivity index (χ3n) is 3.61. The van der Waals surface area contributed by atoms with Gasteiger partial charge in [0.1, 0.15) is 0 Å². The van der Waals surface area contributed by atoms with E-state index in [-0.39, 0.29) is 11.8 Å². The lowest BCUT2D eigenvalue weighted by molar-refractivity contribution is -0.122. The van der Waals surface area contributed by atoms with Gasteiger partial charge < -0.3 is 19.4 Å². The number of piperazine rings is 1. The Labute approximate surface area is 130 Å². The van der Waals surface area contributed by atoms with Gasteiger partial charge >= 0.3 is 0 Å². The third-order valence-corrected chi connectivity index (χ3v) is 3.61. The van der Waals surface area contributed by atoms with Crippen molar-refractivity contribution in [2.75, 3.05) is 53.0 Å². The molecular formula is C15H23N3O4. The molecule has 1 fully saturated rings. The van der Waals surface area contributed by atoms with Crippen LogP contribution in [-0.4, -0.2) is 74.6 Å². The highest BCUT2D eigenvalue weighted by Crippen LogP contribution is 2.09. The fourth-order valence-corrected chi connectivity index (χ4v) is 2.37. The number of ether oxygens (including phenoxy) is 1. The van der Waals surface area contributed by atoms with Crippen molar-refractivity contribution >= 4 is 11.8 Å². The molecule has 2 amide bonds. The Bertz CT molecular complexity index is 467. The van der Waals surface area contributed by atoms with Gasteiger partial charge in [0.25, 0.3) is 5.91 Å². The van der Waals surface area contributed by atoms with E-state index < -0.39 is 0 Å². The molecule has 7 nitrogen and oxygen atoms in total. The van der Waals surface area contributed by atoms with Crippen molar-refractivity contribution in [2.24, 2.45) is 0 Å². The Hall–Kier alpha value is -1.86. The second kappa shape index (κ2) is 8.55. The van der Waals surface area contributed by atoms with E-state index in [0.717, 1.165) is 6.42 Å². The van der Waals surface area contributed by atoms with Gasteiger partial charge in [-0.2, -0.15) is 0 Å². The van der Waals surface area contributed by atoms with E-state index in [2.05, 4.69) is 10.2 Å². The summed E-state index contributed by atoms with van der Waals surface area (Å²) in [5, 5.41) is 2.86. The number of carbonyl (C=O) groups excluding carboxylic acids is 2. The van der Waals surface area contributed by atoms with Gasteiger partial charge in [-0.15, -0.1) is 0 Å². The maximum Gasteiger partial charge on any atom is 0.289 e. The molecule has 2 heterocycles. The molecule has 1 saturated heterocycles. The molecule has 122 valence electrons. The Morgan fingerprint density at radius 2 is 2.09 bits per heavy atom. The van der Waals surface area contributed by atoms with Gasteiger partial charge in [-0.3, -0.25) is 14.5 Å². The zero-order chi connectivity index (χ0) is 15.8. The Morgan fingerprint density at radius 1 is 1.32 bits per heavy atom. The number of carbonyl (C=O) groups is 2. The zero-order valence-corrected chi connectivity index (χ0v) is 12.9. The largest absolute Gasteiger partial charge is 0.459 e. The first kappa shape index (κ1) is 16.5. The molecular weight excluding hydrogens is 286 g/mol. The molecule has 22 heavy (non-hydrogen) atoms. The molecule has 1 aromatic heterocycles. The van der Waals surface area contributed by atoms with Gasteiger partial charge in [0.2, 0.25) is 5.91 Å². The smallest absolute Gasteiger partial charge is 0.289 e. The van der Waals surface area contributed by atoms with Crippen LogP contribution >= 0.6 is 0 Å². The molecule has 0 aliphatic carbocycles. The van der Waals surface area contributed by atoms with Crippen molar-refractivity contribution in [3.05, 3.63) is 24.2 Å². The number of furan rings is 1. The minimum Gasteiger partial charge on any atom is -0.459 e. The minimum absolute atomic E-state index is 0.0157. The number of nitrogens with one attached hydrogen (secondary N) is 1. The summed E-state index contributed by atoms with van der Waals surface area (Å²) in [4.78, 5) is 27.7. The van der Waals surface area contributed by atoms with E-state index in [1.165, 1.54) is 6.26 Å². The molecule has 2 rings (SSSR count). The first-order valence-corrected chi connectivity index (χ1v) is 7.51. The normalized spacial score (nSPS) is 15.8. The average molecular weight is 309 g/mol. The number of rotatable bonds is 7.